The number of hydrogen-bond donors (Lipinski definition) is 2. The molecule has 3 rings (SSSR count). The van der Waals surface area contributed by atoms with Gasteiger partial charge in [0.1, 0.15) is 0 Å². The minimum absolute atomic E-state index is 0.0262. The highest BCUT2D eigenvalue weighted by Crippen LogP contribution is 2.51. The number of carbonyl (C=O) groups is 1. The van der Waals surface area contributed by atoms with Gasteiger partial charge >= 0.3 is 0 Å². The normalized spacial score (nSPS) is 15.2. The lowest BCUT2D eigenvalue weighted by Gasteiger charge is -2.30. The summed E-state index contributed by atoms with van der Waals surface area (Å²) in [5.41, 5.74) is 2.32. The van der Waals surface area contributed by atoms with E-state index in [2.05, 4.69) is 4.98 Å². The van der Waals surface area contributed by atoms with Gasteiger partial charge < -0.3 is 4.90 Å². The smallest absolute Gasteiger partial charge is 0.276 e. The molecule has 1 aromatic carbocycles. The third-order valence-electron chi connectivity index (χ3n) is 4.18. The summed E-state index contributed by atoms with van der Waals surface area (Å²) in [6.07, 6.45) is 3.10. The van der Waals surface area contributed by atoms with Crippen LogP contribution in [-0.4, -0.2) is 23.1 Å². The number of pyridine rings is 1. The number of halogens is 1. The quantitative estimate of drug-likeness (QED) is 0.672. The summed E-state index contributed by atoms with van der Waals surface area (Å²) in [5.74, 6) is -1.19. The Labute approximate surface area is 127 Å². The zero-order valence-electron chi connectivity index (χ0n) is 12.1. The molecule has 1 amide bonds. The number of hydroxylamine groups is 1. The lowest BCUT2D eigenvalue weighted by atomic mass is 10.0. The van der Waals surface area contributed by atoms with Crippen molar-refractivity contribution in [2.45, 2.75) is 18.4 Å². The number of nitrogens with zero attached hydrogens (tertiary/aromatic N) is 2. The molecule has 2 aromatic rings. The van der Waals surface area contributed by atoms with E-state index in [1.807, 2.05) is 35.2 Å². The van der Waals surface area contributed by atoms with Crippen molar-refractivity contribution >= 4 is 11.7 Å². The Bertz CT molecular complexity index is 702. The molecule has 2 N–H and O–H groups in total. The maximum Gasteiger partial charge on any atom is 0.276 e. The van der Waals surface area contributed by atoms with Crippen LogP contribution in [0, 0.1) is 5.82 Å². The van der Waals surface area contributed by atoms with Crippen molar-refractivity contribution in [2.75, 3.05) is 11.9 Å². The van der Waals surface area contributed by atoms with Gasteiger partial charge in [0, 0.05) is 13.2 Å². The lowest BCUT2D eigenvalue weighted by Crippen LogP contribution is -2.33. The second-order valence-corrected chi connectivity index (χ2v) is 5.43. The number of aromatic nitrogens is 1. The van der Waals surface area contributed by atoms with Crippen LogP contribution in [0.1, 0.15) is 28.8 Å². The summed E-state index contributed by atoms with van der Waals surface area (Å²) in [5, 5.41) is 8.59. The van der Waals surface area contributed by atoms with E-state index in [0.29, 0.717) is 0 Å². The Balaban J connectivity index is 1.93. The van der Waals surface area contributed by atoms with E-state index in [9.17, 15) is 9.18 Å². The molecule has 1 aromatic heterocycles. The molecule has 1 saturated carbocycles. The van der Waals surface area contributed by atoms with E-state index in [4.69, 9.17) is 5.21 Å². The Hall–Kier alpha value is -2.47. The fourth-order valence-electron chi connectivity index (χ4n) is 2.75. The van der Waals surface area contributed by atoms with E-state index < -0.39 is 11.7 Å². The zero-order chi connectivity index (χ0) is 15.7. The van der Waals surface area contributed by atoms with Crippen LogP contribution in [0.5, 0.6) is 0 Å². The Morgan fingerprint density at radius 1 is 1.36 bits per heavy atom. The Kier molecular flexibility index (Phi) is 3.54. The predicted molar refractivity (Wildman–Crippen MR) is 79.2 cm³/mol. The van der Waals surface area contributed by atoms with Gasteiger partial charge in [-0.15, -0.1) is 0 Å². The van der Waals surface area contributed by atoms with Crippen molar-refractivity contribution < 1.29 is 14.4 Å². The minimum Gasteiger partial charge on any atom is -0.348 e. The number of carbonyl (C=O) groups excluding carboxylic acids is 1. The molecular weight excluding hydrogens is 285 g/mol. The average Bonchev–Trinajstić information content (AvgIpc) is 3.36. The van der Waals surface area contributed by atoms with Crippen molar-refractivity contribution in [1.29, 1.82) is 0 Å². The van der Waals surface area contributed by atoms with Gasteiger partial charge in [0.15, 0.2) is 11.6 Å². The summed E-state index contributed by atoms with van der Waals surface area (Å²) in [4.78, 5) is 17.2. The predicted octanol–water partition coefficient (Wildman–Crippen LogP) is 2.47. The first-order chi connectivity index (χ1) is 10.6. The number of amides is 1. The molecule has 1 fully saturated rings. The first-order valence-electron chi connectivity index (χ1n) is 6.98. The van der Waals surface area contributed by atoms with Crippen molar-refractivity contribution in [2.24, 2.45) is 0 Å². The van der Waals surface area contributed by atoms with Gasteiger partial charge in [-0.1, -0.05) is 30.3 Å². The van der Waals surface area contributed by atoms with Crippen LogP contribution in [0.2, 0.25) is 0 Å². The van der Waals surface area contributed by atoms with Crippen LogP contribution in [0.15, 0.2) is 42.6 Å². The van der Waals surface area contributed by atoms with Crippen molar-refractivity contribution in [1.82, 2.24) is 10.5 Å². The Morgan fingerprint density at radius 2 is 2.05 bits per heavy atom. The largest absolute Gasteiger partial charge is 0.348 e. The molecule has 0 unspecified atom stereocenters. The van der Waals surface area contributed by atoms with Crippen molar-refractivity contribution in [3.8, 4) is 0 Å². The summed E-state index contributed by atoms with van der Waals surface area (Å²) in [6.45, 7) is 0. The van der Waals surface area contributed by atoms with E-state index in [1.54, 1.807) is 7.05 Å². The maximum absolute atomic E-state index is 14.3. The second kappa shape index (κ2) is 5.38. The first-order valence-corrected chi connectivity index (χ1v) is 6.98. The molecule has 0 spiro atoms. The standard InChI is InChI=1S/C16H16FN3O2/c1-20(16(7-8-16)12-5-3-2-4-6-12)14-13(17)9-11(10-18-14)15(21)19-22/h2-6,9-10,22H,7-8H2,1H3,(H,19,21). The summed E-state index contributed by atoms with van der Waals surface area (Å²) >= 11 is 0. The summed E-state index contributed by atoms with van der Waals surface area (Å²) < 4.78 is 14.3. The highest BCUT2D eigenvalue weighted by molar-refractivity contribution is 5.93. The third-order valence-corrected chi connectivity index (χ3v) is 4.18. The Morgan fingerprint density at radius 3 is 2.59 bits per heavy atom. The molecule has 6 heteroatoms. The second-order valence-electron chi connectivity index (χ2n) is 5.43. The van der Waals surface area contributed by atoms with Crippen LogP contribution >= 0.6 is 0 Å². The fraction of sp³-hybridized carbons (Fsp3) is 0.250. The number of benzene rings is 1. The van der Waals surface area contributed by atoms with Gasteiger partial charge in [0.2, 0.25) is 0 Å². The number of rotatable bonds is 4. The van der Waals surface area contributed by atoms with Crippen LogP contribution < -0.4 is 10.4 Å². The molecule has 114 valence electrons. The van der Waals surface area contributed by atoms with Gasteiger partial charge in [0.25, 0.3) is 5.91 Å². The van der Waals surface area contributed by atoms with E-state index in [-0.39, 0.29) is 16.9 Å². The molecular formula is C16H16FN3O2. The van der Waals surface area contributed by atoms with E-state index in [0.717, 1.165) is 24.5 Å². The van der Waals surface area contributed by atoms with Gasteiger partial charge in [-0.2, -0.15) is 0 Å². The molecule has 0 aliphatic heterocycles. The summed E-state index contributed by atoms with van der Waals surface area (Å²) in [6, 6.07) is 11.0. The SMILES string of the molecule is CN(c1ncc(C(=O)NO)cc1F)C1(c2ccccc2)CC1. The maximum atomic E-state index is 14.3. The van der Waals surface area contributed by atoms with Crippen LogP contribution in [-0.2, 0) is 5.54 Å². The zero-order valence-corrected chi connectivity index (χ0v) is 12.1. The number of nitrogens with one attached hydrogen (secondary N) is 1. The third kappa shape index (κ3) is 2.31. The van der Waals surface area contributed by atoms with E-state index in [1.165, 1.54) is 11.7 Å². The highest BCUT2D eigenvalue weighted by atomic mass is 19.1. The van der Waals surface area contributed by atoms with E-state index >= 15 is 0 Å². The lowest BCUT2D eigenvalue weighted by molar-refractivity contribution is 0.0705. The number of anilines is 1. The van der Waals surface area contributed by atoms with Crippen LogP contribution in [0.25, 0.3) is 0 Å². The molecule has 0 saturated heterocycles. The molecule has 0 bridgehead atoms. The minimum atomic E-state index is -0.787. The van der Waals surface area contributed by atoms with Gasteiger partial charge in [0.05, 0.1) is 11.1 Å². The molecule has 1 aliphatic rings. The van der Waals surface area contributed by atoms with Gasteiger partial charge in [-0.3, -0.25) is 10.0 Å². The monoisotopic (exact) mass is 301 g/mol. The molecule has 1 aliphatic carbocycles. The topological polar surface area (TPSA) is 65.5 Å². The fourth-order valence-corrected chi connectivity index (χ4v) is 2.75. The molecule has 5 nitrogen and oxygen atoms in total. The van der Waals surface area contributed by atoms with Gasteiger partial charge in [-0.25, -0.2) is 14.9 Å². The molecule has 1 heterocycles. The summed E-state index contributed by atoms with van der Waals surface area (Å²) in [7, 11) is 1.80. The van der Waals surface area contributed by atoms with Crippen LogP contribution in [0.3, 0.4) is 0 Å². The average molecular weight is 301 g/mol. The first kappa shape index (κ1) is 14.5. The number of hydrogen-bond acceptors (Lipinski definition) is 4. The van der Waals surface area contributed by atoms with Crippen molar-refractivity contribution in [3.63, 3.8) is 0 Å². The molecule has 0 radical (unpaired) electrons. The van der Waals surface area contributed by atoms with Gasteiger partial charge in [-0.05, 0) is 24.5 Å². The van der Waals surface area contributed by atoms with Crippen LogP contribution in [0.4, 0.5) is 10.2 Å². The molecule has 22 heavy (non-hydrogen) atoms. The highest BCUT2D eigenvalue weighted by Gasteiger charge is 2.49. The molecule has 0 atom stereocenters. The van der Waals surface area contributed by atoms with Crippen molar-refractivity contribution in [3.05, 3.63) is 59.5 Å².